The van der Waals surface area contributed by atoms with Crippen molar-refractivity contribution in [1.82, 2.24) is 19.9 Å². The van der Waals surface area contributed by atoms with Crippen LogP contribution >= 0.6 is 0 Å². The van der Waals surface area contributed by atoms with Crippen molar-refractivity contribution < 1.29 is 4.74 Å². The Balaban J connectivity index is 0.000000786. The molecule has 48 heavy (non-hydrogen) atoms. The predicted octanol–water partition coefficient (Wildman–Crippen LogP) is 11.2. The van der Waals surface area contributed by atoms with Crippen molar-refractivity contribution in [1.29, 1.82) is 0 Å². The zero-order valence-corrected chi connectivity index (χ0v) is 39.6. The first kappa shape index (κ1) is 47.7. The molecular weight excluding hydrogens is 714 g/mol. The summed E-state index contributed by atoms with van der Waals surface area (Å²) in [6.07, 6.45) is 13.0. The van der Waals surface area contributed by atoms with Crippen LogP contribution in [0, 0.1) is 0 Å². The maximum absolute atomic E-state index is 5.05. The molecule has 3 heterocycles. The number of aromatic nitrogens is 4. The molecule has 0 amide bonds. The number of hydrogen-bond acceptors (Lipinski definition) is 3. The molecule has 272 valence electrons. The van der Waals surface area contributed by atoms with Gasteiger partial charge in [-0.15, -0.1) is 0 Å². The van der Waals surface area contributed by atoms with E-state index in [9.17, 15) is 0 Å². The molecule has 1 aliphatic heterocycles. The van der Waals surface area contributed by atoms with Gasteiger partial charge in [0.25, 0.3) is 0 Å². The molecule has 2 aromatic rings. The van der Waals surface area contributed by atoms with Gasteiger partial charge in [0, 0.05) is 0 Å². The first-order chi connectivity index (χ1) is 21.5. The number of nitrogens with zero attached hydrogens (tertiary/aromatic N) is 4. The standard InChI is InChI=1S/2C19H35N2.C4H6O.Ba/c2*1-10-13-19(8,9)16-20-14(17(4,5)11-2)15(21-16)18(6,7)12-3;1-2-4-5-3-1;/h2*10-13H2,1-9H3;1-2H,3-4H2;/q2*-1;;+2. The summed E-state index contributed by atoms with van der Waals surface area (Å²) in [5.41, 5.74) is 5.37. The zero-order chi connectivity index (χ0) is 36.5. The fraction of sp³-hybridized carbons (Fsp3) is 0.810. The van der Waals surface area contributed by atoms with Gasteiger partial charge in [0.05, 0.1) is 13.2 Å². The maximum Gasteiger partial charge on any atom is 2.00 e. The molecule has 0 saturated heterocycles. The summed E-state index contributed by atoms with van der Waals surface area (Å²) in [7, 11) is 0. The molecule has 2 aromatic heterocycles. The average molecular weight is 790 g/mol. The molecule has 0 bridgehead atoms. The van der Waals surface area contributed by atoms with Crippen LogP contribution in [0.15, 0.2) is 12.2 Å². The summed E-state index contributed by atoms with van der Waals surface area (Å²) in [5, 5.41) is 0. The smallest absolute Gasteiger partial charge is 0.442 e. The molecule has 0 saturated carbocycles. The van der Waals surface area contributed by atoms with Crippen LogP contribution in [0.25, 0.3) is 0 Å². The van der Waals surface area contributed by atoms with Crippen LogP contribution in [-0.4, -0.2) is 72.1 Å². The Morgan fingerprint density at radius 1 is 0.500 bits per heavy atom. The van der Waals surface area contributed by atoms with Crippen molar-refractivity contribution in [3.63, 3.8) is 0 Å². The number of imidazole rings is 2. The molecule has 1 aliphatic rings. The van der Waals surface area contributed by atoms with E-state index in [0.717, 1.165) is 63.4 Å². The first-order valence-electron chi connectivity index (χ1n) is 18.9. The average Bonchev–Trinajstić information content (AvgIpc) is 3.80. The Kier molecular flexibility index (Phi) is 19.4. The molecule has 6 heteroatoms. The number of hydrogen-bond donors (Lipinski definition) is 0. The van der Waals surface area contributed by atoms with E-state index in [1.54, 1.807) is 0 Å². The van der Waals surface area contributed by atoms with Gasteiger partial charge < -0.3 is 24.7 Å². The van der Waals surface area contributed by atoms with E-state index in [-0.39, 0.29) is 81.4 Å². The van der Waals surface area contributed by atoms with Crippen LogP contribution in [0.4, 0.5) is 0 Å². The third-order valence-corrected chi connectivity index (χ3v) is 11.0. The summed E-state index contributed by atoms with van der Waals surface area (Å²) >= 11 is 0. The molecule has 0 radical (unpaired) electrons. The molecular formula is C42H76BaN4O. The summed E-state index contributed by atoms with van der Waals surface area (Å²) in [6, 6.07) is 0. The minimum Gasteiger partial charge on any atom is -0.442 e. The summed E-state index contributed by atoms with van der Waals surface area (Å²) in [6.45, 7) is 42.5. The minimum absolute atomic E-state index is 0. The second-order valence-corrected chi connectivity index (χ2v) is 17.7. The second-order valence-electron chi connectivity index (χ2n) is 17.7. The molecule has 0 spiro atoms. The monoisotopic (exact) mass is 791 g/mol. The fourth-order valence-electron chi connectivity index (χ4n) is 5.66. The topological polar surface area (TPSA) is 63.2 Å². The fourth-order valence-corrected chi connectivity index (χ4v) is 5.66. The Bertz CT molecular complexity index is 1080. The largest absolute Gasteiger partial charge is 2.00 e. The van der Waals surface area contributed by atoms with Gasteiger partial charge in [-0.25, -0.2) is 0 Å². The second kappa shape index (κ2) is 19.5. The van der Waals surface area contributed by atoms with Gasteiger partial charge in [0.15, 0.2) is 0 Å². The molecule has 0 aromatic carbocycles. The summed E-state index contributed by atoms with van der Waals surface area (Å²) < 4.78 is 4.83. The molecule has 0 N–H and O–H groups in total. The Hall–Kier alpha value is -0.309. The Morgan fingerprint density at radius 3 is 1.00 bits per heavy atom. The van der Waals surface area contributed by atoms with Gasteiger partial charge in [0.1, 0.15) is 0 Å². The Morgan fingerprint density at radius 2 is 0.792 bits per heavy atom. The molecule has 5 nitrogen and oxygen atoms in total. The third kappa shape index (κ3) is 12.7. The van der Waals surface area contributed by atoms with Gasteiger partial charge in [-0.05, 0) is 71.0 Å². The third-order valence-electron chi connectivity index (χ3n) is 11.0. The van der Waals surface area contributed by atoms with E-state index in [0.29, 0.717) is 0 Å². The molecule has 0 aliphatic carbocycles. The van der Waals surface area contributed by atoms with Crippen molar-refractivity contribution in [2.24, 2.45) is 0 Å². The van der Waals surface area contributed by atoms with Gasteiger partial charge in [-0.2, -0.15) is 0 Å². The van der Waals surface area contributed by atoms with Gasteiger partial charge in [0.2, 0.25) is 0 Å². The van der Waals surface area contributed by atoms with E-state index in [2.05, 4.69) is 125 Å². The van der Waals surface area contributed by atoms with Gasteiger partial charge in [-0.3, -0.25) is 0 Å². The van der Waals surface area contributed by atoms with Crippen molar-refractivity contribution >= 4 is 48.9 Å². The number of rotatable bonds is 14. The summed E-state index contributed by atoms with van der Waals surface area (Å²) in [4.78, 5) is 20.2. The van der Waals surface area contributed by atoms with E-state index in [4.69, 9.17) is 24.7 Å². The van der Waals surface area contributed by atoms with Crippen LogP contribution < -0.4 is 9.97 Å². The summed E-state index contributed by atoms with van der Waals surface area (Å²) in [5.74, 6) is 2.08. The van der Waals surface area contributed by atoms with E-state index in [1.165, 1.54) is 35.6 Å². The molecule has 0 fully saturated rings. The molecule has 0 unspecified atom stereocenters. The van der Waals surface area contributed by atoms with Crippen molar-refractivity contribution in [2.45, 2.75) is 208 Å². The van der Waals surface area contributed by atoms with Crippen molar-refractivity contribution in [3.8, 4) is 0 Å². The van der Waals surface area contributed by atoms with Gasteiger partial charge >= 0.3 is 48.9 Å². The predicted molar refractivity (Wildman–Crippen MR) is 210 cm³/mol. The normalized spacial score (nSPS) is 14.2. The SMILES string of the molecule is C1=CCOC1.CCCC(C)(C)c1nc(C(C)(C)CC)c(C(C)(C)CC)[n-]1.CCCC(C)(C)c1nc(C(C)(C)CC)c(C(C)(C)CC)[n-]1.[Ba+2]. The van der Waals surface area contributed by atoms with Crippen LogP contribution in [0.1, 0.15) is 210 Å². The van der Waals surface area contributed by atoms with E-state index >= 15 is 0 Å². The van der Waals surface area contributed by atoms with Crippen LogP contribution in [0.3, 0.4) is 0 Å². The Labute approximate surface area is 338 Å². The van der Waals surface area contributed by atoms with E-state index in [1.807, 2.05) is 12.2 Å². The minimum atomic E-state index is 0. The zero-order valence-electron chi connectivity index (χ0n) is 35.1. The van der Waals surface area contributed by atoms with Gasteiger partial charge in [-0.1, -0.05) is 184 Å². The maximum atomic E-state index is 5.05. The first-order valence-corrected chi connectivity index (χ1v) is 18.9. The molecule has 0 atom stereocenters. The van der Waals surface area contributed by atoms with Crippen LogP contribution in [0.5, 0.6) is 0 Å². The van der Waals surface area contributed by atoms with Crippen molar-refractivity contribution in [2.75, 3.05) is 13.2 Å². The number of ether oxygens (including phenoxy) is 1. The molecule has 3 rings (SSSR count). The van der Waals surface area contributed by atoms with E-state index < -0.39 is 0 Å². The van der Waals surface area contributed by atoms with Crippen molar-refractivity contribution in [3.05, 3.63) is 46.6 Å². The van der Waals surface area contributed by atoms with Crippen LogP contribution in [-0.2, 0) is 37.2 Å². The quantitative estimate of drug-likeness (QED) is 0.141. The van der Waals surface area contributed by atoms with Crippen LogP contribution in [0.2, 0.25) is 0 Å².